The van der Waals surface area contributed by atoms with Gasteiger partial charge in [0.25, 0.3) is 5.91 Å². The van der Waals surface area contributed by atoms with E-state index >= 15 is 0 Å². The lowest BCUT2D eigenvalue weighted by Crippen LogP contribution is -2.39. The second-order valence-electron chi connectivity index (χ2n) is 5.66. The van der Waals surface area contributed by atoms with Crippen molar-refractivity contribution in [1.82, 2.24) is 4.90 Å². The maximum Gasteiger partial charge on any atom is 0.266 e. The molecule has 0 aliphatic carbocycles. The molecule has 1 saturated heterocycles. The summed E-state index contributed by atoms with van der Waals surface area (Å²) in [6.07, 6.45) is 3.13. The van der Waals surface area contributed by atoms with Crippen LogP contribution < -0.4 is 5.73 Å². The van der Waals surface area contributed by atoms with E-state index in [0.29, 0.717) is 21.6 Å². The molecule has 21 heavy (non-hydrogen) atoms. The SMILES string of the molecule is CCC1CCC(C)N1C(=O)c1sc2cccc(Cl)c2c1N. The normalized spacial score (nSPS) is 22.1. The smallest absolute Gasteiger partial charge is 0.266 e. The van der Waals surface area contributed by atoms with Crippen molar-refractivity contribution >= 4 is 44.6 Å². The lowest BCUT2D eigenvalue weighted by Gasteiger charge is -2.27. The minimum Gasteiger partial charge on any atom is -0.397 e. The van der Waals surface area contributed by atoms with E-state index in [2.05, 4.69) is 13.8 Å². The van der Waals surface area contributed by atoms with Crippen LogP contribution in [0, 0.1) is 0 Å². The van der Waals surface area contributed by atoms with Crippen molar-refractivity contribution in [3.05, 3.63) is 28.1 Å². The van der Waals surface area contributed by atoms with Gasteiger partial charge in [-0.2, -0.15) is 0 Å². The Balaban J connectivity index is 2.06. The number of rotatable bonds is 2. The van der Waals surface area contributed by atoms with Crippen LogP contribution in [-0.4, -0.2) is 22.9 Å². The first kappa shape index (κ1) is 14.7. The molecular weight excluding hydrogens is 304 g/mol. The molecule has 1 amide bonds. The molecule has 2 atom stereocenters. The molecule has 2 N–H and O–H groups in total. The van der Waals surface area contributed by atoms with Crippen molar-refractivity contribution in [3.63, 3.8) is 0 Å². The van der Waals surface area contributed by atoms with E-state index in [-0.39, 0.29) is 11.9 Å². The molecule has 112 valence electrons. The highest BCUT2D eigenvalue weighted by Gasteiger charge is 2.35. The molecule has 0 saturated carbocycles. The fourth-order valence-corrected chi connectivity index (χ4v) is 4.67. The van der Waals surface area contributed by atoms with Gasteiger partial charge in [0.05, 0.1) is 10.7 Å². The Morgan fingerprint density at radius 1 is 1.48 bits per heavy atom. The van der Waals surface area contributed by atoms with Gasteiger partial charge in [-0.15, -0.1) is 11.3 Å². The minimum atomic E-state index is 0.0571. The molecule has 1 aromatic heterocycles. The zero-order valence-electron chi connectivity index (χ0n) is 12.2. The number of likely N-dealkylation sites (tertiary alicyclic amines) is 1. The van der Waals surface area contributed by atoms with Crippen LogP contribution in [0.5, 0.6) is 0 Å². The summed E-state index contributed by atoms with van der Waals surface area (Å²) in [6, 6.07) is 6.27. The Morgan fingerprint density at radius 3 is 2.90 bits per heavy atom. The van der Waals surface area contributed by atoms with E-state index in [1.165, 1.54) is 11.3 Å². The fraction of sp³-hybridized carbons (Fsp3) is 0.438. The van der Waals surface area contributed by atoms with E-state index in [4.69, 9.17) is 17.3 Å². The number of fused-ring (bicyclic) bond motifs is 1. The molecule has 0 radical (unpaired) electrons. The van der Waals surface area contributed by atoms with Crippen molar-refractivity contribution in [1.29, 1.82) is 0 Å². The van der Waals surface area contributed by atoms with Crippen LogP contribution in [-0.2, 0) is 0 Å². The number of nitrogen functional groups attached to an aromatic ring is 1. The molecule has 3 nitrogen and oxygen atoms in total. The third kappa shape index (κ3) is 2.30. The number of amides is 1. The average Bonchev–Trinajstić information content (AvgIpc) is 3.00. The Kier molecular flexibility index (Phi) is 3.84. The summed E-state index contributed by atoms with van der Waals surface area (Å²) in [6.45, 7) is 4.25. The standard InChI is InChI=1S/C16H19ClN2OS/c1-3-10-8-7-9(2)19(10)16(20)15-14(18)13-11(17)5-4-6-12(13)21-15/h4-6,9-10H,3,7-8,18H2,1-2H3. The highest BCUT2D eigenvalue weighted by Crippen LogP contribution is 2.40. The molecule has 1 aromatic carbocycles. The Labute approximate surface area is 133 Å². The Morgan fingerprint density at radius 2 is 2.24 bits per heavy atom. The molecule has 1 fully saturated rings. The summed E-state index contributed by atoms with van der Waals surface area (Å²) in [5, 5.41) is 1.43. The summed E-state index contributed by atoms with van der Waals surface area (Å²) in [5.41, 5.74) is 6.75. The summed E-state index contributed by atoms with van der Waals surface area (Å²) in [4.78, 5) is 15.6. The van der Waals surface area contributed by atoms with Crippen LogP contribution in [0.3, 0.4) is 0 Å². The lowest BCUT2D eigenvalue weighted by molar-refractivity contribution is 0.0682. The van der Waals surface area contributed by atoms with E-state index < -0.39 is 0 Å². The summed E-state index contributed by atoms with van der Waals surface area (Å²) >= 11 is 7.67. The van der Waals surface area contributed by atoms with Gasteiger partial charge in [0.2, 0.25) is 0 Å². The van der Waals surface area contributed by atoms with Crippen molar-refractivity contribution in [2.24, 2.45) is 0 Å². The molecule has 2 heterocycles. The van der Waals surface area contributed by atoms with Crippen LogP contribution >= 0.6 is 22.9 Å². The van der Waals surface area contributed by atoms with E-state index in [9.17, 15) is 4.79 Å². The van der Waals surface area contributed by atoms with E-state index in [0.717, 1.165) is 29.3 Å². The first-order chi connectivity index (χ1) is 10.0. The molecule has 5 heteroatoms. The zero-order chi connectivity index (χ0) is 15.1. The molecule has 2 aromatic rings. The van der Waals surface area contributed by atoms with Gasteiger partial charge in [-0.3, -0.25) is 4.79 Å². The number of hydrogen-bond donors (Lipinski definition) is 1. The number of benzene rings is 1. The maximum atomic E-state index is 12.9. The molecule has 1 aliphatic heterocycles. The molecule has 1 aliphatic rings. The first-order valence-electron chi connectivity index (χ1n) is 7.33. The van der Waals surface area contributed by atoms with Crippen LogP contribution in [0.4, 0.5) is 5.69 Å². The summed E-state index contributed by atoms with van der Waals surface area (Å²) in [7, 11) is 0. The third-order valence-corrected chi connectivity index (χ3v) is 5.86. The minimum absolute atomic E-state index is 0.0571. The number of anilines is 1. The quantitative estimate of drug-likeness (QED) is 0.882. The van der Waals surface area contributed by atoms with E-state index in [1.807, 2.05) is 23.1 Å². The number of carbonyl (C=O) groups is 1. The van der Waals surface area contributed by atoms with Crippen LogP contribution in [0.1, 0.15) is 42.8 Å². The van der Waals surface area contributed by atoms with Gasteiger partial charge in [0.15, 0.2) is 0 Å². The molecular formula is C16H19ClN2OS. The monoisotopic (exact) mass is 322 g/mol. The second kappa shape index (κ2) is 5.50. The molecule has 0 spiro atoms. The van der Waals surface area contributed by atoms with Gasteiger partial charge in [-0.25, -0.2) is 0 Å². The van der Waals surface area contributed by atoms with Crippen molar-refractivity contribution in [2.45, 2.75) is 45.2 Å². The second-order valence-corrected chi connectivity index (χ2v) is 7.12. The summed E-state index contributed by atoms with van der Waals surface area (Å²) in [5.74, 6) is 0.0571. The third-order valence-electron chi connectivity index (χ3n) is 4.39. The van der Waals surface area contributed by atoms with Gasteiger partial charge >= 0.3 is 0 Å². The van der Waals surface area contributed by atoms with E-state index in [1.54, 1.807) is 0 Å². The largest absolute Gasteiger partial charge is 0.397 e. The Hall–Kier alpha value is -1.26. The van der Waals surface area contributed by atoms with Gasteiger partial charge in [-0.1, -0.05) is 24.6 Å². The van der Waals surface area contributed by atoms with Crippen LogP contribution in [0.2, 0.25) is 5.02 Å². The number of hydrogen-bond acceptors (Lipinski definition) is 3. The van der Waals surface area contributed by atoms with Crippen LogP contribution in [0.15, 0.2) is 18.2 Å². The van der Waals surface area contributed by atoms with Crippen LogP contribution in [0.25, 0.3) is 10.1 Å². The highest BCUT2D eigenvalue weighted by molar-refractivity contribution is 7.21. The lowest BCUT2D eigenvalue weighted by atomic mass is 10.1. The topological polar surface area (TPSA) is 46.3 Å². The number of nitrogens with zero attached hydrogens (tertiary/aromatic N) is 1. The van der Waals surface area contributed by atoms with Crippen molar-refractivity contribution in [3.8, 4) is 0 Å². The fourth-order valence-electron chi connectivity index (χ4n) is 3.24. The predicted octanol–water partition coefficient (Wildman–Crippen LogP) is 4.54. The van der Waals surface area contributed by atoms with Gasteiger partial charge in [-0.05, 0) is 38.3 Å². The average molecular weight is 323 g/mol. The van der Waals surface area contributed by atoms with Gasteiger partial charge in [0, 0.05) is 22.2 Å². The molecule has 0 bridgehead atoms. The number of nitrogens with two attached hydrogens (primary N) is 1. The van der Waals surface area contributed by atoms with Gasteiger partial charge < -0.3 is 10.6 Å². The van der Waals surface area contributed by atoms with Crippen molar-refractivity contribution < 1.29 is 4.79 Å². The highest BCUT2D eigenvalue weighted by atomic mass is 35.5. The molecule has 2 unspecified atom stereocenters. The zero-order valence-corrected chi connectivity index (χ0v) is 13.8. The summed E-state index contributed by atoms with van der Waals surface area (Å²) < 4.78 is 0.975. The maximum absolute atomic E-state index is 12.9. The first-order valence-corrected chi connectivity index (χ1v) is 8.53. The number of thiophene rings is 1. The predicted molar refractivity (Wildman–Crippen MR) is 90.2 cm³/mol. The number of carbonyl (C=O) groups excluding carboxylic acids is 1. The van der Waals surface area contributed by atoms with Gasteiger partial charge in [0.1, 0.15) is 4.88 Å². The van der Waals surface area contributed by atoms with Crippen molar-refractivity contribution in [2.75, 3.05) is 5.73 Å². The Bertz CT molecular complexity index is 697. The number of halogens is 1. The molecule has 3 rings (SSSR count).